The van der Waals surface area contributed by atoms with Gasteiger partial charge < -0.3 is 11.1 Å². The highest BCUT2D eigenvalue weighted by Gasteiger charge is 2.02. The van der Waals surface area contributed by atoms with E-state index in [2.05, 4.69) is 5.32 Å². The summed E-state index contributed by atoms with van der Waals surface area (Å²) in [6.07, 6.45) is 0.459. The lowest BCUT2D eigenvalue weighted by atomic mass is 10.2. The SMILES string of the molecule is CCC(=O)Nc1ccc(Cl)c(CN)c1. The highest BCUT2D eigenvalue weighted by atomic mass is 35.5. The van der Waals surface area contributed by atoms with Gasteiger partial charge in [0.05, 0.1) is 0 Å². The number of carbonyl (C=O) groups excluding carboxylic acids is 1. The molecule has 0 aliphatic heterocycles. The first kappa shape index (κ1) is 11.0. The Kier molecular flexibility index (Phi) is 3.92. The number of halogens is 1. The Morgan fingerprint density at radius 3 is 2.86 bits per heavy atom. The molecule has 0 aliphatic rings. The van der Waals surface area contributed by atoms with Crippen molar-refractivity contribution in [3.63, 3.8) is 0 Å². The van der Waals surface area contributed by atoms with Crippen LogP contribution in [0.4, 0.5) is 5.69 Å². The summed E-state index contributed by atoms with van der Waals surface area (Å²) in [5.41, 5.74) is 7.06. The topological polar surface area (TPSA) is 55.1 Å². The molecular weight excluding hydrogens is 200 g/mol. The fourth-order valence-corrected chi connectivity index (χ4v) is 1.25. The van der Waals surface area contributed by atoms with Crippen LogP contribution in [0.3, 0.4) is 0 Å². The van der Waals surface area contributed by atoms with E-state index in [1.165, 1.54) is 0 Å². The predicted molar refractivity (Wildman–Crippen MR) is 58.3 cm³/mol. The summed E-state index contributed by atoms with van der Waals surface area (Å²) in [5, 5.41) is 3.37. The molecule has 3 nitrogen and oxygen atoms in total. The maximum Gasteiger partial charge on any atom is 0.224 e. The molecule has 1 aromatic rings. The van der Waals surface area contributed by atoms with Gasteiger partial charge in [-0.05, 0) is 23.8 Å². The van der Waals surface area contributed by atoms with E-state index in [0.29, 0.717) is 18.0 Å². The van der Waals surface area contributed by atoms with Crippen molar-refractivity contribution in [3.8, 4) is 0 Å². The number of rotatable bonds is 3. The van der Waals surface area contributed by atoms with Gasteiger partial charge in [-0.25, -0.2) is 0 Å². The Balaban J connectivity index is 2.84. The minimum Gasteiger partial charge on any atom is -0.326 e. The molecule has 0 heterocycles. The largest absolute Gasteiger partial charge is 0.326 e. The van der Waals surface area contributed by atoms with Crippen molar-refractivity contribution in [1.29, 1.82) is 0 Å². The van der Waals surface area contributed by atoms with Gasteiger partial charge in [-0.2, -0.15) is 0 Å². The van der Waals surface area contributed by atoms with Crippen LogP contribution in [-0.2, 0) is 11.3 Å². The summed E-state index contributed by atoms with van der Waals surface area (Å²) in [5.74, 6) is -0.0182. The molecule has 0 atom stereocenters. The second-order valence-corrected chi connectivity index (χ2v) is 3.32. The normalized spacial score (nSPS) is 9.93. The Morgan fingerprint density at radius 1 is 1.57 bits per heavy atom. The third kappa shape index (κ3) is 2.72. The molecule has 0 fully saturated rings. The first-order valence-corrected chi connectivity index (χ1v) is 4.83. The average Bonchev–Trinajstić information content (AvgIpc) is 2.20. The lowest BCUT2D eigenvalue weighted by molar-refractivity contribution is -0.115. The molecule has 76 valence electrons. The number of hydrogen-bond donors (Lipinski definition) is 2. The van der Waals surface area contributed by atoms with Gasteiger partial charge in [0.15, 0.2) is 0 Å². The fourth-order valence-electron chi connectivity index (χ4n) is 1.06. The molecule has 0 spiro atoms. The van der Waals surface area contributed by atoms with Gasteiger partial charge in [-0.1, -0.05) is 18.5 Å². The van der Waals surface area contributed by atoms with Crippen LogP contribution in [-0.4, -0.2) is 5.91 Å². The van der Waals surface area contributed by atoms with E-state index < -0.39 is 0 Å². The molecular formula is C10H13ClN2O. The number of anilines is 1. The van der Waals surface area contributed by atoms with Crippen molar-refractivity contribution in [2.45, 2.75) is 19.9 Å². The monoisotopic (exact) mass is 212 g/mol. The van der Waals surface area contributed by atoms with Gasteiger partial charge in [-0.3, -0.25) is 4.79 Å². The van der Waals surface area contributed by atoms with Crippen molar-refractivity contribution >= 4 is 23.2 Å². The molecule has 0 unspecified atom stereocenters. The van der Waals surface area contributed by atoms with E-state index in [9.17, 15) is 4.79 Å². The van der Waals surface area contributed by atoms with Crippen LogP contribution in [0, 0.1) is 0 Å². The first-order chi connectivity index (χ1) is 6.67. The molecule has 1 amide bonds. The Hall–Kier alpha value is -1.06. The van der Waals surface area contributed by atoms with E-state index in [1.54, 1.807) is 25.1 Å². The smallest absolute Gasteiger partial charge is 0.224 e. The highest BCUT2D eigenvalue weighted by Crippen LogP contribution is 2.20. The zero-order valence-electron chi connectivity index (χ0n) is 8.01. The van der Waals surface area contributed by atoms with Gasteiger partial charge >= 0.3 is 0 Å². The minimum absolute atomic E-state index is 0.0182. The number of carbonyl (C=O) groups is 1. The fraction of sp³-hybridized carbons (Fsp3) is 0.300. The molecule has 3 N–H and O–H groups in total. The van der Waals surface area contributed by atoms with Crippen LogP contribution in [0.1, 0.15) is 18.9 Å². The molecule has 14 heavy (non-hydrogen) atoms. The quantitative estimate of drug-likeness (QED) is 0.807. The molecule has 0 saturated heterocycles. The molecule has 0 radical (unpaired) electrons. The van der Waals surface area contributed by atoms with E-state index in [-0.39, 0.29) is 5.91 Å². The van der Waals surface area contributed by atoms with Crippen LogP contribution in [0.25, 0.3) is 0 Å². The molecule has 1 aromatic carbocycles. The second-order valence-electron chi connectivity index (χ2n) is 2.91. The zero-order chi connectivity index (χ0) is 10.6. The summed E-state index contributed by atoms with van der Waals surface area (Å²) >= 11 is 5.87. The van der Waals surface area contributed by atoms with E-state index >= 15 is 0 Å². The number of nitrogens with two attached hydrogens (primary N) is 1. The number of hydrogen-bond acceptors (Lipinski definition) is 2. The summed E-state index contributed by atoms with van der Waals surface area (Å²) < 4.78 is 0. The third-order valence-electron chi connectivity index (χ3n) is 1.87. The predicted octanol–water partition coefficient (Wildman–Crippen LogP) is 2.15. The van der Waals surface area contributed by atoms with Crippen LogP contribution < -0.4 is 11.1 Å². The standard InChI is InChI=1S/C10H13ClN2O/c1-2-10(14)13-8-3-4-9(11)7(5-8)6-12/h3-5H,2,6,12H2,1H3,(H,13,14). The zero-order valence-corrected chi connectivity index (χ0v) is 8.77. The van der Waals surface area contributed by atoms with Crippen LogP contribution >= 0.6 is 11.6 Å². The van der Waals surface area contributed by atoms with Gasteiger partial charge in [0.25, 0.3) is 0 Å². The lowest BCUT2D eigenvalue weighted by Gasteiger charge is -2.06. The number of benzene rings is 1. The van der Waals surface area contributed by atoms with E-state index in [0.717, 1.165) is 11.3 Å². The minimum atomic E-state index is -0.0182. The highest BCUT2D eigenvalue weighted by molar-refractivity contribution is 6.31. The first-order valence-electron chi connectivity index (χ1n) is 4.45. The maximum atomic E-state index is 11.1. The van der Waals surface area contributed by atoms with Crippen LogP contribution in [0.5, 0.6) is 0 Å². The van der Waals surface area contributed by atoms with E-state index in [1.807, 2.05) is 0 Å². The summed E-state index contributed by atoms with van der Waals surface area (Å²) in [6.45, 7) is 2.17. The summed E-state index contributed by atoms with van der Waals surface area (Å²) in [7, 11) is 0. The third-order valence-corrected chi connectivity index (χ3v) is 2.24. The van der Waals surface area contributed by atoms with Crippen molar-refractivity contribution in [3.05, 3.63) is 28.8 Å². The van der Waals surface area contributed by atoms with Gasteiger partial charge in [0.1, 0.15) is 0 Å². The van der Waals surface area contributed by atoms with Crippen molar-refractivity contribution in [2.24, 2.45) is 5.73 Å². The Morgan fingerprint density at radius 2 is 2.29 bits per heavy atom. The molecule has 0 bridgehead atoms. The van der Waals surface area contributed by atoms with Crippen LogP contribution in [0.15, 0.2) is 18.2 Å². The van der Waals surface area contributed by atoms with Crippen molar-refractivity contribution < 1.29 is 4.79 Å². The van der Waals surface area contributed by atoms with Gasteiger partial charge in [0.2, 0.25) is 5.91 Å². The average molecular weight is 213 g/mol. The second kappa shape index (κ2) is 4.98. The molecule has 0 aromatic heterocycles. The molecule has 4 heteroatoms. The lowest BCUT2D eigenvalue weighted by Crippen LogP contribution is -2.10. The van der Waals surface area contributed by atoms with Crippen LogP contribution in [0.2, 0.25) is 5.02 Å². The van der Waals surface area contributed by atoms with E-state index in [4.69, 9.17) is 17.3 Å². The Bertz CT molecular complexity index is 339. The van der Waals surface area contributed by atoms with Crippen molar-refractivity contribution in [2.75, 3.05) is 5.32 Å². The molecule has 0 saturated carbocycles. The number of amides is 1. The summed E-state index contributed by atoms with van der Waals surface area (Å²) in [4.78, 5) is 11.1. The Labute approximate surface area is 88.2 Å². The number of nitrogens with one attached hydrogen (secondary N) is 1. The van der Waals surface area contributed by atoms with Gasteiger partial charge in [-0.15, -0.1) is 0 Å². The summed E-state index contributed by atoms with van der Waals surface area (Å²) in [6, 6.07) is 5.28. The molecule has 1 rings (SSSR count). The molecule has 0 aliphatic carbocycles. The van der Waals surface area contributed by atoms with Gasteiger partial charge in [0, 0.05) is 23.7 Å². The maximum absolute atomic E-state index is 11.1. The van der Waals surface area contributed by atoms with Crippen molar-refractivity contribution in [1.82, 2.24) is 0 Å².